The summed E-state index contributed by atoms with van der Waals surface area (Å²) in [6.45, 7) is 3.39. The van der Waals surface area contributed by atoms with Gasteiger partial charge in [0.1, 0.15) is 0 Å². The molecule has 1 fully saturated rings. The van der Waals surface area contributed by atoms with E-state index in [1.807, 2.05) is 48.2 Å². The number of halogens is 1. The molecule has 2 aliphatic heterocycles. The lowest BCUT2D eigenvalue weighted by Gasteiger charge is -2.37. The Kier molecular flexibility index (Phi) is 7.80. The zero-order valence-corrected chi connectivity index (χ0v) is 20.7. The van der Waals surface area contributed by atoms with Gasteiger partial charge in [-0.05, 0) is 55.0 Å². The van der Waals surface area contributed by atoms with Crippen LogP contribution in [0.4, 0.5) is 15.3 Å². The van der Waals surface area contributed by atoms with Gasteiger partial charge in [-0.2, -0.15) is 0 Å². The van der Waals surface area contributed by atoms with Crippen LogP contribution in [0, 0.1) is 6.92 Å². The minimum Gasteiger partial charge on any atom is -0.466 e. The second-order valence-corrected chi connectivity index (χ2v) is 9.34. The standard InChI is InChI=1S/C26H30ClN3O5/c1-17-7-8-18(15-21(17)27)16-23(24(31)34-2)35-26(33)29-12-10-20(11-13-29)30-14-9-19-5-3-4-6-22(19)28-25(30)32/h3-8,15,20,23H,9-14,16H2,1-2H3,(H,28,32)/t23-/m1/s1. The van der Waals surface area contributed by atoms with Gasteiger partial charge >= 0.3 is 18.1 Å². The van der Waals surface area contributed by atoms with Gasteiger partial charge in [0, 0.05) is 42.8 Å². The predicted molar refractivity (Wildman–Crippen MR) is 133 cm³/mol. The second-order valence-electron chi connectivity index (χ2n) is 8.93. The third-order valence-corrected chi connectivity index (χ3v) is 7.08. The number of hydrogen-bond donors (Lipinski definition) is 1. The molecule has 2 aromatic carbocycles. The Hall–Kier alpha value is -3.26. The predicted octanol–water partition coefficient (Wildman–Crippen LogP) is 4.42. The van der Waals surface area contributed by atoms with Crippen molar-refractivity contribution in [2.24, 2.45) is 0 Å². The maximum Gasteiger partial charge on any atom is 0.410 e. The summed E-state index contributed by atoms with van der Waals surface area (Å²) in [7, 11) is 1.27. The largest absolute Gasteiger partial charge is 0.466 e. The number of piperidine rings is 1. The van der Waals surface area contributed by atoms with Gasteiger partial charge in [-0.1, -0.05) is 41.9 Å². The molecule has 0 spiro atoms. The molecule has 4 rings (SSSR count). The van der Waals surface area contributed by atoms with Crippen LogP contribution in [0.3, 0.4) is 0 Å². The summed E-state index contributed by atoms with van der Waals surface area (Å²) in [5.74, 6) is -0.620. The van der Waals surface area contributed by atoms with Crippen molar-refractivity contribution in [2.45, 2.75) is 44.8 Å². The van der Waals surface area contributed by atoms with Crippen LogP contribution < -0.4 is 5.32 Å². The Labute approximate surface area is 210 Å². The fourth-order valence-corrected chi connectivity index (χ4v) is 4.78. The molecule has 3 amide bonds. The molecule has 0 radical (unpaired) electrons. The molecule has 2 aromatic rings. The van der Waals surface area contributed by atoms with Crippen LogP contribution in [0.15, 0.2) is 42.5 Å². The minimum absolute atomic E-state index is 0.0273. The molecule has 0 aliphatic carbocycles. The maximum atomic E-state index is 12.9. The van der Waals surface area contributed by atoms with Crippen molar-refractivity contribution in [1.29, 1.82) is 0 Å². The molecule has 0 unspecified atom stereocenters. The summed E-state index contributed by atoms with van der Waals surface area (Å²) < 4.78 is 10.4. The van der Waals surface area contributed by atoms with E-state index in [1.54, 1.807) is 11.0 Å². The van der Waals surface area contributed by atoms with E-state index >= 15 is 0 Å². The first kappa shape index (κ1) is 24.9. The van der Waals surface area contributed by atoms with E-state index in [0.717, 1.165) is 28.8 Å². The van der Waals surface area contributed by atoms with Crippen molar-refractivity contribution in [2.75, 3.05) is 32.1 Å². The number of benzene rings is 2. The lowest BCUT2D eigenvalue weighted by Crippen LogP contribution is -2.50. The summed E-state index contributed by atoms with van der Waals surface area (Å²) in [6, 6.07) is 13.2. The van der Waals surface area contributed by atoms with Gasteiger partial charge in [-0.25, -0.2) is 14.4 Å². The molecule has 1 atom stereocenters. The minimum atomic E-state index is -1.07. The second kappa shape index (κ2) is 11.0. The Balaban J connectivity index is 1.34. The quantitative estimate of drug-likeness (QED) is 0.615. The third kappa shape index (κ3) is 5.88. The van der Waals surface area contributed by atoms with Gasteiger partial charge in [0.2, 0.25) is 6.10 Å². The Morgan fingerprint density at radius 2 is 1.89 bits per heavy atom. The fraction of sp³-hybridized carbons (Fsp3) is 0.423. The molecule has 0 aromatic heterocycles. The molecule has 1 N–H and O–H groups in total. The zero-order chi connectivity index (χ0) is 24.9. The monoisotopic (exact) mass is 499 g/mol. The number of fused-ring (bicyclic) bond motifs is 1. The van der Waals surface area contributed by atoms with Gasteiger partial charge in [0.05, 0.1) is 7.11 Å². The smallest absolute Gasteiger partial charge is 0.410 e. The lowest BCUT2D eigenvalue weighted by atomic mass is 10.0. The molecule has 2 heterocycles. The number of esters is 1. The number of anilines is 1. The highest BCUT2D eigenvalue weighted by molar-refractivity contribution is 6.31. The normalized spacial score (nSPS) is 17.2. The molecule has 8 nitrogen and oxygen atoms in total. The fourth-order valence-electron chi connectivity index (χ4n) is 4.58. The van der Waals surface area contributed by atoms with E-state index in [0.29, 0.717) is 37.5 Å². The number of nitrogens with zero attached hydrogens (tertiary/aromatic N) is 2. The highest BCUT2D eigenvalue weighted by Gasteiger charge is 2.33. The number of para-hydroxylation sites is 1. The average Bonchev–Trinajstić information content (AvgIpc) is 3.03. The number of ether oxygens (including phenoxy) is 2. The number of carbonyl (C=O) groups excluding carboxylic acids is 3. The molecule has 2 aliphatic rings. The summed E-state index contributed by atoms with van der Waals surface area (Å²) in [4.78, 5) is 41.4. The number of urea groups is 1. The molecular weight excluding hydrogens is 470 g/mol. The van der Waals surface area contributed by atoms with Crippen LogP contribution in [-0.2, 0) is 27.1 Å². The number of likely N-dealkylation sites (tertiary alicyclic amines) is 1. The average molecular weight is 500 g/mol. The Morgan fingerprint density at radius 1 is 1.14 bits per heavy atom. The lowest BCUT2D eigenvalue weighted by molar-refractivity contribution is -0.151. The van der Waals surface area contributed by atoms with Crippen molar-refractivity contribution >= 4 is 35.4 Å². The highest BCUT2D eigenvalue weighted by atomic mass is 35.5. The Morgan fingerprint density at radius 3 is 2.60 bits per heavy atom. The zero-order valence-electron chi connectivity index (χ0n) is 20.0. The number of methoxy groups -OCH3 is 1. The number of aryl methyl sites for hydroxylation is 1. The van der Waals surface area contributed by atoms with Gasteiger partial charge in [0.25, 0.3) is 0 Å². The van der Waals surface area contributed by atoms with Crippen LogP contribution >= 0.6 is 11.6 Å². The van der Waals surface area contributed by atoms with Crippen LogP contribution in [0.2, 0.25) is 5.02 Å². The molecule has 9 heteroatoms. The van der Waals surface area contributed by atoms with E-state index in [9.17, 15) is 14.4 Å². The molecular formula is C26H30ClN3O5. The van der Waals surface area contributed by atoms with E-state index in [4.69, 9.17) is 21.1 Å². The summed E-state index contributed by atoms with van der Waals surface area (Å²) >= 11 is 6.20. The summed E-state index contributed by atoms with van der Waals surface area (Å²) in [5.41, 5.74) is 3.67. The first-order chi connectivity index (χ1) is 16.9. The van der Waals surface area contributed by atoms with Crippen LogP contribution in [-0.4, -0.2) is 66.8 Å². The topological polar surface area (TPSA) is 88.2 Å². The van der Waals surface area contributed by atoms with E-state index < -0.39 is 18.2 Å². The van der Waals surface area contributed by atoms with Crippen molar-refractivity contribution in [3.8, 4) is 0 Å². The number of carbonyl (C=O) groups is 3. The van der Waals surface area contributed by atoms with Crippen LogP contribution in [0.25, 0.3) is 0 Å². The van der Waals surface area contributed by atoms with Crippen LogP contribution in [0.5, 0.6) is 0 Å². The molecule has 0 bridgehead atoms. The highest BCUT2D eigenvalue weighted by Crippen LogP contribution is 2.25. The van der Waals surface area contributed by atoms with E-state index in [2.05, 4.69) is 5.32 Å². The molecule has 186 valence electrons. The van der Waals surface area contributed by atoms with Crippen molar-refractivity contribution in [3.63, 3.8) is 0 Å². The number of amides is 3. The molecule has 1 saturated heterocycles. The third-order valence-electron chi connectivity index (χ3n) is 6.67. The van der Waals surface area contributed by atoms with Crippen molar-refractivity contribution in [3.05, 3.63) is 64.2 Å². The first-order valence-electron chi connectivity index (χ1n) is 11.8. The van der Waals surface area contributed by atoms with Crippen molar-refractivity contribution < 1.29 is 23.9 Å². The number of hydrogen-bond acceptors (Lipinski definition) is 5. The molecule has 35 heavy (non-hydrogen) atoms. The van der Waals surface area contributed by atoms with Crippen LogP contribution in [0.1, 0.15) is 29.5 Å². The summed E-state index contributed by atoms with van der Waals surface area (Å²) in [5, 5.41) is 3.58. The number of rotatable bonds is 5. The van der Waals surface area contributed by atoms with E-state index in [1.165, 1.54) is 7.11 Å². The first-order valence-corrected chi connectivity index (χ1v) is 12.2. The van der Waals surface area contributed by atoms with Gasteiger partial charge in [0.15, 0.2) is 0 Å². The Bertz CT molecular complexity index is 1100. The van der Waals surface area contributed by atoms with Gasteiger partial charge < -0.3 is 24.6 Å². The van der Waals surface area contributed by atoms with Gasteiger partial charge in [-0.15, -0.1) is 0 Å². The van der Waals surface area contributed by atoms with Gasteiger partial charge in [-0.3, -0.25) is 0 Å². The molecule has 0 saturated carbocycles. The van der Waals surface area contributed by atoms with Crippen molar-refractivity contribution in [1.82, 2.24) is 9.80 Å². The summed E-state index contributed by atoms with van der Waals surface area (Å²) in [6.07, 6.45) is 0.582. The SMILES string of the molecule is COC(=O)[C@@H](Cc1ccc(C)c(Cl)c1)OC(=O)N1CCC(N2CCc3ccccc3NC2=O)CC1. The van der Waals surface area contributed by atoms with E-state index in [-0.39, 0.29) is 18.5 Å². The maximum absolute atomic E-state index is 12.9. The number of nitrogens with one attached hydrogen (secondary N) is 1.